The number of benzene rings is 1. The SMILES string of the molecule is Cc1cccn2c(=O)cc(CN3CCc4ccccc43)nc12. The predicted molar refractivity (Wildman–Crippen MR) is 87.4 cm³/mol. The van der Waals surface area contributed by atoms with Crippen molar-refractivity contribution in [1.29, 1.82) is 0 Å². The van der Waals surface area contributed by atoms with E-state index in [4.69, 9.17) is 4.98 Å². The highest BCUT2D eigenvalue weighted by molar-refractivity contribution is 5.58. The molecule has 0 aliphatic carbocycles. The van der Waals surface area contributed by atoms with Crippen LogP contribution < -0.4 is 10.5 Å². The van der Waals surface area contributed by atoms with Crippen LogP contribution in [-0.2, 0) is 13.0 Å². The van der Waals surface area contributed by atoms with Gasteiger partial charge in [0.1, 0.15) is 5.65 Å². The fraction of sp³-hybridized carbons (Fsp3) is 0.222. The molecule has 22 heavy (non-hydrogen) atoms. The van der Waals surface area contributed by atoms with E-state index in [0.717, 1.165) is 29.9 Å². The lowest BCUT2D eigenvalue weighted by Gasteiger charge is -2.19. The van der Waals surface area contributed by atoms with Crippen LogP contribution in [0, 0.1) is 6.92 Å². The van der Waals surface area contributed by atoms with Gasteiger partial charge in [-0.2, -0.15) is 0 Å². The summed E-state index contributed by atoms with van der Waals surface area (Å²) in [4.78, 5) is 19.3. The van der Waals surface area contributed by atoms with Gasteiger partial charge in [-0.15, -0.1) is 0 Å². The van der Waals surface area contributed by atoms with Crippen molar-refractivity contribution in [1.82, 2.24) is 9.38 Å². The second-order valence-electron chi connectivity index (χ2n) is 5.77. The molecule has 0 N–H and O–H groups in total. The van der Waals surface area contributed by atoms with Gasteiger partial charge in [0.25, 0.3) is 5.56 Å². The molecular weight excluding hydrogens is 274 g/mol. The van der Waals surface area contributed by atoms with E-state index in [2.05, 4.69) is 29.2 Å². The highest BCUT2D eigenvalue weighted by Gasteiger charge is 2.19. The summed E-state index contributed by atoms with van der Waals surface area (Å²) in [5.41, 5.74) is 5.21. The molecule has 0 saturated carbocycles. The lowest BCUT2D eigenvalue weighted by molar-refractivity contribution is 0.808. The van der Waals surface area contributed by atoms with Crippen molar-refractivity contribution >= 4 is 11.3 Å². The molecule has 0 radical (unpaired) electrons. The summed E-state index contributed by atoms with van der Waals surface area (Å²) in [5.74, 6) is 0. The monoisotopic (exact) mass is 291 g/mol. The summed E-state index contributed by atoms with van der Waals surface area (Å²) in [6.45, 7) is 3.64. The van der Waals surface area contributed by atoms with Crippen molar-refractivity contribution in [3.63, 3.8) is 0 Å². The van der Waals surface area contributed by atoms with E-state index in [-0.39, 0.29) is 5.56 Å². The second kappa shape index (κ2) is 4.98. The molecule has 4 rings (SSSR count). The fourth-order valence-corrected chi connectivity index (χ4v) is 3.16. The minimum Gasteiger partial charge on any atom is -0.365 e. The molecule has 0 amide bonds. The molecule has 1 aromatic carbocycles. The van der Waals surface area contributed by atoms with Gasteiger partial charge in [-0.05, 0) is 36.6 Å². The zero-order chi connectivity index (χ0) is 15.1. The molecular formula is C18H17N3O. The number of aromatic nitrogens is 2. The molecule has 0 bridgehead atoms. The van der Waals surface area contributed by atoms with Gasteiger partial charge in [-0.25, -0.2) is 4.98 Å². The number of rotatable bonds is 2. The average Bonchev–Trinajstić information content (AvgIpc) is 2.92. The molecule has 2 aromatic heterocycles. The molecule has 3 heterocycles. The second-order valence-corrected chi connectivity index (χ2v) is 5.77. The molecule has 110 valence electrons. The third-order valence-corrected chi connectivity index (χ3v) is 4.28. The van der Waals surface area contributed by atoms with Gasteiger partial charge >= 0.3 is 0 Å². The quantitative estimate of drug-likeness (QED) is 0.728. The van der Waals surface area contributed by atoms with Crippen molar-refractivity contribution in [3.05, 3.63) is 75.8 Å². The van der Waals surface area contributed by atoms with Crippen LogP contribution in [0.4, 0.5) is 5.69 Å². The number of aryl methyl sites for hydroxylation is 1. The standard InChI is InChI=1S/C18H17N3O/c1-13-5-4-9-21-17(22)11-15(19-18(13)21)12-20-10-8-14-6-2-3-7-16(14)20/h2-7,9,11H,8,10,12H2,1H3. The first-order valence-electron chi connectivity index (χ1n) is 7.53. The van der Waals surface area contributed by atoms with Gasteiger partial charge in [-0.3, -0.25) is 9.20 Å². The maximum absolute atomic E-state index is 12.3. The van der Waals surface area contributed by atoms with Crippen LogP contribution in [-0.4, -0.2) is 15.9 Å². The van der Waals surface area contributed by atoms with Crippen LogP contribution in [0.15, 0.2) is 53.5 Å². The van der Waals surface area contributed by atoms with Crippen LogP contribution in [0.25, 0.3) is 5.65 Å². The highest BCUT2D eigenvalue weighted by atomic mass is 16.1. The van der Waals surface area contributed by atoms with E-state index in [1.165, 1.54) is 11.3 Å². The number of anilines is 1. The zero-order valence-electron chi connectivity index (χ0n) is 12.5. The summed E-state index contributed by atoms with van der Waals surface area (Å²) >= 11 is 0. The van der Waals surface area contributed by atoms with E-state index in [1.807, 2.05) is 19.1 Å². The van der Waals surface area contributed by atoms with E-state index in [1.54, 1.807) is 16.7 Å². The lowest BCUT2D eigenvalue weighted by atomic mass is 10.2. The van der Waals surface area contributed by atoms with Gasteiger partial charge in [0, 0.05) is 24.5 Å². The topological polar surface area (TPSA) is 37.6 Å². The first-order chi connectivity index (χ1) is 10.7. The van der Waals surface area contributed by atoms with E-state index >= 15 is 0 Å². The van der Waals surface area contributed by atoms with Crippen molar-refractivity contribution in [2.75, 3.05) is 11.4 Å². The Morgan fingerprint density at radius 3 is 2.95 bits per heavy atom. The maximum atomic E-state index is 12.3. The number of hydrogen-bond acceptors (Lipinski definition) is 3. The van der Waals surface area contributed by atoms with E-state index in [9.17, 15) is 4.79 Å². The Balaban J connectivity index is 1.74. The Morgan fingerprint density at radius 1 is 1.18 bits per heavy atom. The molecule has 0 saturated heterocycles. The molecule has 4 nitrogen and oxygen atoms in total. The number of fused-ring (bicyclic) bond motifs is 2. The molecule has 1 aliphatic heterocycles. The van der Waals surface area contributed by atoms with Crippen molar-refractivity contribution < 1.29 is 0 Å². The van der Waals surface area contributed by atoms with E-state index < -0.39 is 0 Å². The van der Waals surface area contributed by atoms with Crippen LogP contribution in [0.1, 0.15) is 16.8 Å². The largest absolute Gasteiger partial charge is 0.365 e. The first kappa shape index (κ1) is 13.1. The minimum atomic E-state index is -0.0174. The predicted octanol–water partition coefficient (Wildman–Crippen LogP) is 2.57. The zero-order valence-corrected chi connectivity index (χ0v) is 12.5. The van der Waals surface area contributed by atoms with Gasteiger partial charge in [0.2, 0.25) is 0 Å². The van der Waals surface area contributed by atoms with Crippen molar-refractivity contribution in [3.8, 4) is 0 Å². The van der Waals surface area contributed by atoms with Gasteiger partial charge < -0.3 is 4.90 Å². The van der Waals surface area contributed by atoms with Crippen LogP contribution in [0.5, 0.6) is 0 Å². The first-order valence-corrected chi connectivity index (χ1v) is 7.53. The summed E-state index contributed by atoms with van der Waals surface area (Å²) in [7, 11) is 0. The normalized spacial score (nSPS) is 13.6. The number of hydrogen-bond donors (Lipinski definition) is 0. The van der Waals surface area contributed by atoms with Crippen LogP contribution in [0.3, 0.4) is 0 Å². The number of pyridine rings is 1. The lowest BCUT2D eigenvalue weighted by Crippen LogP contribution is -2.23. The summed E-state index contributed by atoms with van der Waals surface area (Å²) in [5, 5.41) is 0. The molecule has 0 unspecified atom stereocenters. The summed E-state index contributed by atoms with van der Waals surface area (Å²) in [6.07, 6.45) is 2.83. The van der Waals surface area contributed by atoms with Gasteiger partial charge in [-0.1, -0.05) is 24.3 Å². The summed E-state index contributed by atoms with van der Waals surface area (Å²) < 4.78 is 1.61. The van der Waals surface area contributed by atoms with Crippen molar-refractivity contribution in [2.24, 2.45) is 0 Å². The third kappa shape index (κ3) is 2.08. The Hall–Kier alpha value is -2.62. The summed E-state index contributed by atoms with van der Waals surface area (Å²) in [6, 6.07) is 14.0. The average molecular weight is 291 g/mol. The fourth-order valence-electron chi connectivity index (χ4n) is 3.16. The molecule has 0 fully saturated rings. The maximum Gasteiger partial charge on any atom is 0.258 e. The Morgan fingerprint density at radius 2 is 2.05 bits per heavy atom. The van der Waals surface area contributed by atoms with Gasteiger partial charge in [0.05, 0.1) is 12.2 Å². The Labute approximate surface area is 128 Å². The smallest absolute Gasteiger partial charge is 0.258 e. The van der Waals surface area contributed by atoms with Crippen LogP contribution in [0.2, 0.25) is 0 Å². The molecule has 4 heteroatoms. The van der Waals surface area contributed by atoms with E-state index in [0.29, 0.717) is 6.54 Å². The Bertz CT molecular complexity index is 914. The number of nitrogens with zero attached hydrogens (tertiary/aromatic N) is 3. The molecule has 1 aliphatic rings. The van der Waals surface area contributed by atoms with Gasteiger partial charge in [0.15, 0.2) is 0 Å². The molecule has 0 atom stereocenters. The van der Waals surface area contributed by atoms with Crippen molar-refractivity contribution in [2.45, 2.75) is 19.9 Å². The van der Waals surface area contributed by atoms with Crippen LogP contribution >= 0.6 is 0 Å². The highest BCUT2D eigenvalue weighted by Crippen LogP contribution is 2.28. The molecule has 0 spiro atoms. The number of para-hydroxylation sites is 1. The third-order valence-electron chi connectivity index (χ3n) is 4.28. The minimum absolute atomic E-state index is 0.0174. The molecule has 3 aromatic rings. The Kier molecular flexibility index (Phi) is 2.96.